The van der Waals surface area contributed by atoms with E-state index in [1.54, 1.807) is 0 Å². The number of benzene rings is 1. The largest absolute Gasteiger partial charge is 0.396 e. The molecule has 0 spiro atoms. The van der Waals surface area contributed by atoms with Gasteiger partial charge in [0.15, 0.2) is 0 Å². The molecule has 0 aliphatic rings. The molecule has 0 amide bonds. The third-order valence-electron chi connectivity index (χ3n) is 2.93. The van der Waals surface area contributed by atoms with E-state index in [1.807, 2.05) is 12.1 Å². The molecule has 2 nitrogen and oxygen atoms in total. The summed E-state index contributed by atoms with van der Waals surface area (Å²) >= 11 is 10.5. The molecule has 0 radical (unpaired) electrons. The highest BCUT2D eigenvalue weighted by molar-refractivity contribution is 9.11. The number of hydrogen-bond acceptors (Lipinski definition) is 2. The second kappa shape index (κ2) is 6.55. The highest BCUT2D eigenvalue weighted by atomic mass is 79.9. The second-order valence-corrected chi connectivity index (χ2v) is 7.04. The molecule has 0 bridgehead atoms. The zero-order valence-electron chi connectivity index (χ0n) is 9.86. The van der Waals surface area contributed by atoms with E-state index in [0.717, 1.165) is 32.1 Å². The highest BCUT2D eigenvalue weighted by Crippen LogP contribution is 2.35. The molecular weight excluding hydrogens is 414 g/mol. The molecule has 1 unspecified atom stereocenters. The van der Waals surface area contributed by atoms with Gasteiger partial charge < -0.3 is 10.4 Å². The van der Waals surface area contributed by atoms with Crippen LogP contribution in [0.15, 0.2) is 25.6 Å². The Morgan fingerprint density at radius 2 is 1.76 bits per heavy atom. The van der Waals surface area contributed by atoms with E-state index in [-0.39, 0.29) is 12.0 Å². The number of anilines is 1. The molecule has 0 aromatic heterocycles. The van der Waals surface area contributed by atoms with Gasteiger partial charge in [-0.1, -0.05) is 29.8 Å². The van der Waals surface area contributed by atoms with Crippen LogP contribution in [0, 0.1) is 5.41 Å². The number of hydrogen-bond donors (Lipinski definition) is 2. The topological polar surface area (TPSA) is 32.3 Å². The molecular formula is C12H16Br3NO. The minimum Gasteiger partial charge on any atom is -0.396 e. The van der Waals surface area contributed by atoms with Gasteiger partial charge in [-0.25, -0.2) is 0 Å². The van der Waals surface area contributed by atoms with Crippen LogP contribution < -0.4 is 5.32 Å². The van der Waals surface area contributed by atoms with Crippen molar-refractivity contribution >= 4 is 53.5 Å². The fourth-order valence-corrected chi connectivity index (χ4v) is 3.84. The van der Waals surface area contributed by atoms with Crippen LogP contribution >= 0.6 is 47.8 Å². The van der Waals surface area contributed by atoms with Crippen LogP contribution in [0.1, 0.15) is 20.3 Å². The van der Waals surface area contributed by atoms with Crippen LogP contribution in [0.3, 0.4) is 0 Å². The maximum atomic E-state index is 9.38. The highest BCUT2D eigenvalue weighted by Gasteiger charge is 2.21. The van der Waals surface area contributed by atoms with E-state index >= 15 is 0 Å². The van der Waals surface area contributed by atoms with Crippen molar-refractivity contribution in [2.45, 2.75) is 20.3 Å². The van der Waals surface area contributed by atoms with Crippen molar-refractivity contribution in [3.05, 3.63) is 25.6 Å². The Labute approximate surface area is 128 Å². The number of aliphatic hydroxyl groups excluding tert-OH is 1. The maximum Gasteiger partial charge on any atom is 0.0630 e. The Morgan fingerprint density at radius 1 is 1.24 bits per heavy atom. The SMILES string of the molecule is CCC(C)(CO)CNc1c(Br)cc(Br)cc1Br. The Morgan fingerprint density at radius 3 is 2.18 bits per heavy atom. The van der Waals surface area contributed by atoms with Crippen LogP contribution in [-0.4, -0.2) is 18.3 Å². The molecule has 1 aromatic rings. The lowest BCUT2D eigenvalue weighted by Crippen LogP contribution is -2.29. The molecule has 0 heterocycles. The van der Waals surface area contributed by atoms with Crippen LogP contribution in [0.2, 0.25) is 0 Å². The van der Waals surface area contributed by atoms with E-state index in [9.17, 15) is 5.11 Å². The van der Waals surface area contributed by atoms with Crippen LogP contribution in [0.5, 0.6) is 0 Å². The molecule has 0 fully saturated rings. The van der Waals surface area contributed by atoms with Gasteiger partial charge in [-0.3, -0.25) is 0 Å². The Bertz CT molecular complexity index is 368. The van der Waals surface area contributed by atoms with Crippen LogP contribution in [-0.2, 0) is 0 Å². The normalized spacial score (nSPS) is 14.5. The van der Waals surface area contributed by atoms with Crippen molar-refractivity contribution in [3.63, 3.8) is 0 Å². The van der Waals surface area contributed by atoms with Gasteiger partial charge in [0.2, 0.25) is 0 Å². The summed E-state index contributed by atoms with van der Waals surface area (Å²) in [6, 6.07) is 3.99. The number of halogens is 3. The minimum atomic E-state index is -0.0913. The molecule has 5 heteroatoms. The molecule has 0 saturated carbocycles. The van der Waals surface area contributed by atoms with Crippen molar-refractivity contribution in [2.24, 2.45) is 5.41 Å². The first kappa shape index (κ1) is 15.5. The minimum absolute atomic E-state index is 0.0913. The van der Waals surface area contributed by atoms with Crippen molar-refractivity contribution in [1.82, 2.24) is 0 Å². The third kappa shape index (κ3) is 4.23. The quantitative estimate of drug-likeness (QED) is 0.705. The average molecular weight is 430 g/mol. The van der Waals surface area contributed by atoms with E-state index < -0.39 is 0 Å². The van der Waals surface area contributed by atoms with E-state index in [2.05, 4.69) is 67.0 Å². The van der Waals surface area contributed by atoms with Crippen molar-refractivity contribution < 1.29 is 5.11 Å². The van der Waals surface area contributed by atoms with Gasteiger partial charge in [0.1, 0.15) is 0 Å². The molecule has 96 valence electrons. The molecule has 0 saturated heterocycles. The van der Waals surface area contributed by atoms with Gasteiger partial charge >= 0.3 is 0 Å². The zero-order valence-corrected chi connectivity index (χ0v) is 14.6. The summed E-state index contributed by atoms with van der Waals surface area (Å²) in [6.07, 6.45) is 0.933. The van der Waals surface area contributed by atoms with Gasteiger partial charge in [-0.05, 0) is 50.4 Å². The first-order valence-electron chi connectivity index (χ1n) is 5.41. The summed E-state index contributed by atoms with van der Waals surface area (Å²) in [5.74, 6) is 0. The lowest BCUT2D eigenvalue weighted by molar-refractivity contribution is 0.149. The standard InChI is InChI=1S/C12H16Br3NO/c1-3-12(2,7-17)6-16-11-9(14)4-8(13)5-10(11)15/h4-5,16-17H,3,6-7H2,1-2H3. The molecule has 1 atom stereocenters. The predicted octanol–water partition coefficient (Wildman–Crippen LogP) is 4.79. The summed E-state index contributed by atoms with van der Waals surface area (Å²) in [5.41, 5.74) is 0.924. The first-order valence-corrected chi connectivity index (χ1v) is 7.79. The van der Waals surface area contributed by atoms with Crippen molar-refractivity contribution in [2.75, 3.05) is 18.5 Å². The molecule has 0 aliphatic carbocycles. The molecule has 2 N–H and O–H groups in total. The summed E-state index contributed by atoms with van der Waals surface area (Å²) in [4.78, 5) is 0. The summed E-state index contributed by atoms with van der Waals surface area (Å²) < 4.78 is 3.01. The number of aliphatic hydroxyl groups is 1. The average Bonchev–Trinajstić information content (AvgIpc) is 2.27. The lowest BCUT2D eigenvalue weighted by atomic mass is 9.88. The fourth-order valence-electron chi connectivity index (χ4n) is 1.31. The van der Waals surface area contributed by atoms with E-state index in [4.69, 9.17) is 0 Å². The van der Waals surface area contributed by atoms with E-state index in [1.165, 1.54) is 0 Å². The molecule has 17 heavy (non-hydrogen) atoms. The Kier molecular flexibility index (Phi) is 5.96. The van der Waals surface area contributed by atoms with Gasteiger partial charge in [0.25, 0.3) is 0 Å². The number of rotatable bonds is 5. The molecule has 0 aliphatic heterocycles. The summed E-state index contributed by atoms with van der Waals surface area (Å²) in [6.45, 7) is 5.07. The van der Waals surface area contributed by atoms with Gasteiger partial charge in [-0.15, -0.1) is 0 Å². The molecule has 1 rings (SSSR count). The van der Waals surface area contributed by atoms with E-state index in [0.29, 0.717) is 0 Å². The lowest BCUT2D eigenvalue weighted by Gasteiger charge is -2.27. The van der Waals surface area contributed by atoms with Crippen LogP contribution in [0.25, 0.3) is 0 Å². The van der Waals surface area contributed by atoms with Gasteiger partial charge in [0.05, 0.1) is 12.3 Å². The van der Waals surface area contributed by atoms with Gasteiger partial charge in [0, 0.05) is 25.4 Å². The van der Waals surface area contributed by atoms with Gasteiger partial charge in [-0.2, -0.15) is 0 Å². The Balaban J connectivity index is 2.83. The summed E-state index contributed by atoms with van der Waals surface area (Å²) in [5, 5.41) is 12.8. The van der Waals surface area contributed by atoms with Crippen molar-refractivity contribution in [3.8, 4) is 0 Å². The first-order chi connectivity index (χ1) is 7.91. The number of nitrogens with one attached hydrogen (secondary N) is 1. The fraction of sp³-hybridized carbons (Fsp3) is 0.500. The van der Waals surface area contributed by atoms with Crippen molar-refractivity contribution in [1.29, 1.82) is 0 Å². The van der Waals surface area contributed by atoms with Crippen LogP contribution in [0.4, 0.5) is 5.69 Å². The molecule has 1 aromatic carbocycles. The Hall–Kier alpha value is 0.420. The monoisotopic (exact) mass is 427 g/mol. The third-order valence-corrected chi connectivity index (χ3v) is 4.64. The summed E-state index contributed by atoms with van der Waals surface area (Å²) in [7, 11) is 0. The smallest absolute Gasteiger partial charge is 0.0630 e. The second-order valence-electron chi connectivity index (χ2n) is 4.42. The zero-order chi connectivity index (χ0) is 13.1. The predicted molar refractivity (Wildman–Crippen MR) is 83.5 cm³/mol. The maximum absolute atomic E-state index is 9.38.